The zero-order chi connectivity index (χ0) is 10.8. The van der Waals surface area contributed by atoms with Crippen LogP contribution in [0.15, 0.2) is 54.6 Å². The average Bonchev–Trinajstić information content (AvgIpc) is 2.39. The Balaban J connectivity index is 0.00000108. The molecule has 3 aromatic rings. The Bertz CT molecular complexity index is 618. The van der Waals surface area contributed by atoms with Crippen LogP contribution in [-0.4, -0.2) is 9.97 Å². The van der Waals surface area contributed by atoms with Crippen molar-refractivity contribution in [2.75, 3.05) is 0 Å². The molecular formula is C14H9N2W-. The maximum absolute atomic E-state index is 4.24. The van der Waals surface area contributed by atoms with Crippen molar-refractivity contribution in [3.63, 3.8) is 0 Å². The second-order valence-electron chi connectivity index (χ2n) is 3.56. The summed E-state index contributed by atoms with van der Waals surface area (Å²) in [5.41, 5.74) is 2.96. The van der Waals surface area contributed by atoms with Gasteiger partial charge >= 0.3 is 0 Å². The molecule has 1 aromatic heterocycles. The number of benzene rings is 2. The molecule has 1 heterocycles. The summed E-state index contributed by atoms with van der Waals surface area (Å²) in [7, 11) is 0. The van der Waals surface area contributed by atoms with E-state index >= 15 is 0 Å². The van der Waals surface area contributed by atoms with Gasteiger partial charge in [0.1, 0.15) is 0 Å². The molecule has 3 rings (SSSR count). The minimum absolute atomic E-state index is 0. The summed E-state index contributed by atoms with van der Waals surface area (Å²) in [4.78, 5) is 8.37. The smallest absolute Gasteiger partial charge is 0.0225 e. The monoisotopic (exact) mass is 389 g/mol. The van der Waals surface area contributed by atoms with E-state index in [4.69, 9.17) is 0 Å². The Kier molecular flexibility index (Phi) is 3.65. The van der Waals surface area contributed by atoms with Gasteiger partial charge in [-0.1, -0.05) is 65.5 Å². The van der Waals surface area contributed by atoms with E-state index in [2.05, 4.69) is 16.3 Å². The second-order valence-corrected chi connectivity index (χ2v) is 3.56. The van der Waals surface area contributed by atoms with Crippen molar-refractivity contribution in [1.29, 1.82) is 0 Å². The minimum Gasteiger partial charge on any atom is -0.366 e. The number of rotatable bonds is 1. The summed E-state index contributed by atoms with van der Waals surface area (Å²) in [6, 6.07) is 18.1. The zero-order valence-corrected chi connectivity index (χ0v) is 11.9. The standard InChI is InChI=1S/C14H9N2.W/c1-2-6-11(7-3-1)14-12-8-4-5-9-13(12)15-10-16-14;/h1-9H;/q-1;. The van der Waals surface area contributed by atoms with Crippen LogP contribution in [0.5, 0.6) is 0 Å². The third-order valence-corrected chi connectivity index (χ3v) is 2.54. The largest absolute Gasteiger partial charge is 0.366 e. The molecule has 0 bridgehead atoms. The molecule has 17 heavy (non-hydrogen) atoms. The molecule has 0 unspecified atom stereocenters. The van der Waals surface area contributed by atoms with Gasteiger partial charge < -0.3 is 9.97 Å². The van der Waals surface area contributed by atoms with Gasteiger partial charge in [0.05, 0.1) is 0 Å². The molecule has 0 spiro atoms. The van der Waals surface area contributed by atoms with Crippen LogP contribution >= 0.6 is 0 Å². The van der Waals surface area contributed by atoms with Gasteiger partial charge in [-0.2, -0.15) is 0 Å². The maximum atomic E-state index is 4.24. The number of para-hydroxylation sites is 1. The van der Waals surface area contributed by atoms with Crippen molar-refractivity contribution in [2.24, 2.45) is 0 Å². The molecule has 0 aliphatic heterocycles. The van der Waals surface area contributed by atoms with Crippen LogP contribution in [0.1, 0.15) is 0 Å². The topological polar surface area (TPSA) is 25.8 Å². The van der Waals surface area contributed by atoms with E-state index in [1.54, 1.807) is 0 Å². The van der Waals surface area contributed by atoms with E-state index < -0.39 is 0 Å². The van der Waals surface area contributed by atoms with Gasteiger partial charge in [0, 0.05) is 27.4 Å². The summed E-state index contributed by atoms with van der Waals surface area (Å²) < 4.78 is 0. The Morgan fingerprint density at radius 2 is 1.47 bits per heavy atom. The first-order valence-electron chi connectivity index (χ1n) is 5.13. The summed E-state index contributed by atoms with van der Waals surface area (Å²) in [5, 5.41) is 1.06. The van der Waals surface area contributed by atoms with E-state index in [-0.39, 0.29) is 21.1 Å². The summed E-state index contributed by atoms with van der Waals surface area (Å²) >= 11 is 0. The predicted molar refractivity (Wildman–Crippen MR) is 63.8 cm³/mol. The van der Waals surface area contributed by atoms with E-state index in [0.29, 0.717) is 0 Å². The molecule has 2 aromatic carbocycles. The average molecular weight is 389 g/mol. The van der Waals surface area contributed by atoms with Crippen LogP contribution in [0.2, 0.25) is 0 Å². The fourth-order valence-electron chi connectivity index (χ4n) is 1.78. The molecule has 0 atom stereocenters. The van der Waals surface area contributed by atoms with E-state index in [1.807, 2.05) is 54.6 Å². The third-order valence-electron chi connectivity index (χ3n) is 2.54. The minimum atomic E-state index is 0. The number of aromatic nitrogens is 2. The van der Waals surface area contributed by atoms with Gasteiger partial charge in [-0.15, -0.1) is 0 Å². The Morgan fingerprint density at radius 1 is 0.765 bits per heavy atom. The number of hydrogen-bond donors (Lipinski definition) is 0. The van der Waals surface area contributed by atoms with Crippen LogP contribution in [0.3, 0.4) is 0 Å². The molecular weight excluding hydrogens is 380 g/mol. The predicted octanol–water partition coefficient (Wildman–Crippen LogP) is 3.09. The van der Waals surface area contributed by atoms with E-state index in [1.165, 1.54) is 0 Å². The van der Waals surface area contributed by atoms with Crippen molar-refractivity contribution < 1.29 is 21.1 Å². The quantitative estimate of drug-likeness (QED) is 0.598. The van der Waals surface area contributed by atoms with Crippen LogP contribution in [0, 0.1) is 6.33 Å². The summed E-state index contributed by atoms with van der Waals surface area (Å²) in [6.07, 6.45) is 2.70. The molecule has 0 fully saturated rings. The Labute approximate surface area is 114 Å². The van der Waals surface area contributed by atoms with Gasteiger partial charge in [-0.3, -0.25) is 0 Å². The van der Waals surface area contributed by atoms with Crippen LogP contribution in [0.4, 0.5) is 0 Å². The molecule has 0 saturated carbocycles. The summed E-state index contributed by atoms with van der Waals surface area (Å²) in [6.45, 7) is 0. The van der Waals surface area contributed by atoms with Crippen molar-refractivity contribution >= 4 is 10.9 Å². The Morgan fingerprint density at radius 3 is 2.29 bits per heavy atom. The van der Waals surface area contributed by atoms with Gasteiger partial charge in [0.15, 0.2) is 0 Å². The molecule has 0 aliphatic rings. The Hall–Kier alpha value is -1.53. The van der Waals surface area contributed by atoms with Crippen molar-refractivity contribution in [2.45, 2.75) is 0 Å². The van der Waals surface area contributed by atoms with Crippen molar-refractivity contribution in [1.82, 2.24) is 9.97 Å². The van der Waals surface area contributed by atoms with Crippen LogP contribution in [-0.2, 0) is 21.1 Å². The fraction of sp³-hybridized carbons (Fsp3) is 0. The van der Waals surface area contributed by atoms with Crippen LogP contribution < -0.4 is 0 Å². The van der Waals surface area contributed by atoms with Crippen molar-refractivity contribution in [3.05, 3.63) is 60.9 Å². The van der Waals surface area contributed by atoms with Gasteiger partial charge in [0.2, 0.25) is 0 Å². The third kappa shape index (κ3) is 2.27. The van der Waals surface area contributed by atoms with Gasteiger partial charge in [-0.05, 0) is 11.2 Å². The van der Waals surface area contributed by atoms with Crippen LogP contribution in [0.25, 0.3) is 22.2 Å². The fourth-order valence-corrected chi connectivity index (χ4v) is 1.78. The van der Waals surface area contributed by atoms with E-state index in [0.717, 1.165) is 22.2 Å². The first-order chi connectivity index (χ1) is 7.95. The SMILES string of the molecule is [W].[c-]1nc(-c2ccccc2)c2ccccc2n1. The molecule has 0 N–H and O–H groups in total. The molecule has 0 aliphatic carbocycles. The number of nitrogens with zero attached hydrogens (tertiary/aromatic N) is 2. The first-order valence-corrected chi connectivity index (χ1v) is 5.13. The van der Waals surface area contributed by atoms with Gasteiger partial charge in [0.25, 0.3) is 0 Å². The molecule has 82 valence electrons. The maximum Gasteiger partial charge on any atom is 0.0225 e. The van der Waals surface area contributed by atoms with E-state index in [9.17, 15) is 0 Å². The molecule has 0 radical (unpaired) electrons. The first kappa shape index (κ1) is 11.9. The summed E-state index contributed by atoms with van der Waals surface area (Å²) in [5.74, 6) is 0. The molecule has 3 heteroatoms. The molecule has 0 saturated heterocycles. The number of hydrogen-bond acceptors (Lipinski definition) is 2. The molecule has 0 amide bonds. The van der Waals surface area contributed by atoms with Gasteiger partial charge in [-0.25, -0.2) is 0 Å². The zero-order valence-electron chi connectivity index (χ0n) is 9.00. The van der Waals surface area contributed by atoms with Crippen molar-refractivity contribution in [3.8, 4) is 11.3 Å². The molecule has 2 nitrogen and oxygen atoms in total. The number of fused-ring (bicyclic) bond motifs is 1. The normalized spacial score (nSPS) is 9.88. The second kappa shape index (κ2) is 5.20.